The molecule has 2 aliphatic heterocycles. The van der Waals surface area contributed by atoms with Gasteiger partial charge in [0.25, 0.3) is 0 Å². The van der Waals surface area contributed by atoms with Crippen molar-refractivity contribution >= 4 is 49.0 Å². The van der Waals surface area contributed by atoms with E-state index in [1.54, 1.807) is 0 Å². The maximum Gasteiger partial charge on any atom is 0.242 e. The lowest BCUT2D eigenvalue weighted by molar-refractivity contribution is -0.117. The van der Waals surface area contributed by atoms with Gasteiger partial charge in [0.1, 0.15) is 5.75 Å². The summed E-state index contributed by atoms with van der Waals surface area (Å²) < 4.78 is 27.0. The first-order valence-electron chi connectivity index (χ1n) is 8.99. The molecule has 146 valence electrons. The molecule has 0 spiro atoms. The van der Waals surface area contributed by atoms with Gasteiger partial charge in [-0.3, -0.25) is 9.59 Å². The van der Waals surface area contributed by atoms with Crippen molar-refractivity contribution in [1.29, 1.82) is 0 Å². The standard InChI is InChI=1S/C20H19BrN2O4S/c1-13(24)22-8-7-15-10-16(21)11-18(20(15)22)28(26,27)12-19(25)23-9-6-14-4-2-3-5-17(14)23/h2-5,10-11H,6-9,12H2,1H3. The van der Waals surface area contributed by atoms with Crippen LogP contribution in [0.15, 0.2) is 45.8 Å². The Bertz CT molecular complexity index is 1100. The first-order valence-corrected chi connectivity index (χ1v) is 11.4. The van der Waals surface area contributed by atoms with Crippen LogP contribution >= 0.6 is 15.9 Å². The minimum absolute atomic E-state index is 0.0328. The predicted octanol–water partition coefficient (Wildman–Crippen LogP) is 2.72. The molecule has 2 aromatic rings. The Kier molecular flexibility index (Phi) is 4.79. The van der Waals surface area contributed by atoms with Crippen LogP contribution in [0.25, 0.3) is 0 Å². The molecule has 0 unspecified atom stereocenters. The first-order chi connectivity index (χ1) is 13.3. The summed E-state index contributed by atoms with van der Waals surface area (Å²) in [7, 11) is -3.93. The number of para-hydroxylation sites is 1. The van der Waals surface area contributed by atoms with Gasteiger partial charge in [-0.25, -0.2) is 8.42 Å². The average molecular weight is 463 g/mol. The van der Waals surface area contributed by atoms with E-state index in [0.29, 0.717) is 36.1 Å². The summed E-state index contributed by atoms with van der Waals surface area (Å²) in [5.74, 6) is -1.29. The second-order valence-electron chi connectivity index (χ2n) is 7.02. The largest absolute Gasteiger partial charge is 0.311 e. The number of benzene rings is 2. The lowest BCUT2D eigenvalue weighted by Crippen LogP contribution is -2.35. The van der Waals surface area contributed by atoms with Gasteiger partial charge in [0.15, 0.2) is 9.84 Å². The van der Waals surface area contributed by atoms with Crippen LogP contribution in [-0.4, -0.2) is 39.1 Å². The molecule has 8 heteroatoms. The highest BCUT2D eigenvalue weighted by Crippen LogP contribution is 2.38. The Morgan fingerprint density at radius 2 is 1.71 bits per heavy atom. The zero-order chi connectivity index (χ0) is 20.1. The molecular formula is C20H19BrN2O4S. The third-order valence-corrected chi connectivity index (χ3v) is 7.28. The van der Waals surface area contributed by atoms with Gasteiger partial charge < -0.3 is 9.80 Å². The van der Waals surface area contributed by atoms with Crippen molar-refractivity contribution in [3.63, 3.8) is 0 Å². The van der Waals surface area contributed by atoms with E-state index in [1.807, 2.05) is 30.3 Å². The fourth-order valence-electron chi connectivity index (χ4n) is 3.94. The van der Waals surface area contributed by atoms with E-state index in [9.17, 15) is 18.0 Å². The number of halogens is 1. The molecule has 2 heterocycles. The number of carbonyl (C=O) groups excluding carboxylic acids is 2. The van der Waals surface area contributed by atoms with Gasteiger partial charge >= 0.3 is 0 Å². The number of carbonyl (C=O) groups is 2. The molecule has 0 aromatic heterocycles. The van der Waals surface area contributed by atoms with Crippen molar-refractivity contribution < 1.29 is 18.0 Å². The van der Waals surface area contributed by atoms with Crippen LogP contribution in [0, 0.1) is 0 Å². The van der Waals surface area contributed by atoms with E-state index in [0.717, 1.165) is 16.8 Å². The minimum atomic E-state index is -3.93. The molecule has 0 N–H and O–H groups in total. The van der Waals surface area contributed by atoms with Crippen molar-refractivity contribution in [2.24, 2.45) is 0 Å². The maximum atomic E-state index is 13.2. The van der Waals surface area contributed by atoms with Crippen LogP contribution in [-0.2, 0) is 32.3 Å². The van der Waals surface area contributed by atoms with E-state index in [4.69, 9.17) is 0 Å². The molecule has 2 amide bonds. The summed E-state index contributed by atoms with van der Waals surface area (Å²) >= 11 is 3.36. The Morgan fingerprint density at radius 3 is 2.46 bits per heavy atom. The second kappa shape index (κ2) is 7.00. The number of amides is 2. The van der Waals surface area contributed by atoms with Crippen molar-refractivity contribution in [2.75, 3.05) is 28.6 Å². The van der Waals surface area contributed by atoms with Crippen LogP contribution in [0.3, 0.4) is 0 Å². The second-order valence-corrected chi connectivity index (χ2v) is 9.89. The predicted molar refractivity (Wildman–Crippen MR) is 110 cm³/mol. The van der Waals surface area contributed by atoms with Gasteiger partial charge in [-0.15, -0.1) is 0 Å². The number of rotatable bonds is 3. The van der Waals surface area contributed by atoms with Gasteiger partial charge in [-0.1, -0.05) is 34.1 Å². The number of anilines is 2. The Hall–Kier alpha value is -2.19. The van der Waals surface area contributed by atoms with Crippen molar-refractivity contribution in [1.82, 2.24) is 0 Å². The number of hydrogen-bond acceptors (Lipinski definition) is 4. The number of sulfone groups is 1. The summed E-state index contributed by atoms with van der Waals surface area (Å²) in [6.07, 6.45) is 1.30. The van der Waals surface area contributed by atoms with Crippen molar-refractivity contribution in [3.05, 3.63) is 52.0 Å². The summed E-state index contributed by atoms with van der Waals surface area (Å²) in [4.78, 5) is 27.9. The minimum Gasteiger partial charge on any atom is -0.311 e. The molecule has 0 atom stereocenters. The molecule has 0 fully saturated rings. The molecule has 2 aliphatic rings. The average Bonchev–Trinajstić information content (AvgIpc) is 3.24. The number of fused-ring (bicyclic) bond motifs is 2. The molecule has 6 nitrogen and oxygen atoms in total. The highest BCUT2D eigenvalue weighted by atomic mass is 79.9. The van der Waals surface area contributed by atoms with Crippen molar-refractivity contribution in [3.8, 4) is 0 Å². The molecule has 0 aliphatic carbocycles. The summed E-state index contributed by atoms with van der Waals surface area (Å²) in [6, 6.07) is 10.8. The molecule has 2 aromatic carbocycles. The topological polar surface area (TPSA) is 74.8 Å². The molecule has 0 bridgehead atoms. The van der Waals surface area contributed by atoms with E-state index in [-0.39, 0.29) is 10.8 Å². The van der Waals surface area contributed by atoms with Gasteiger partial charge in [0.05, 0.1) is 10.6 Å². The van der Waals surface area contributed by atoms with E-state index < -0.39 is 21.5 Å². The van der Waals surface area contributed by atoms with E-state index in [2.05, 4.69) is 15.9 Å². The van der Waals surface area contributed by atoms with Crippen LogP contribution in [0.5, 0.6) is 0 Å². The van der Waals surface area contributed by atoms with Crippen LogP contribution in [0.2, 0.25) is 0 Å². The SMILES string of the molecule is CC(=O)N1CCc2cc(Br)cc(S(=O)(=O)CC(=O)N3CCc4ccccc43)c21. The quantitative estimate of drug-likeness (QED) is 0.702. The fourth-order valence-corrected chi connectivity index (χ4v) is 6.07. The van der Waals surface area contributed by atoms with Crippen LogP contribution in [0.1, 0.15) is 18.1 Å². The lowest BCUT2D eigenvalue weighted by Gasteiger charge is -2.21. The maximum absolute atomic E-state index is 13.2. The van der Waals surface area contributed by atoms with Gasteiger partial charge in [-0.05, 0) is 42.2 Å². The Labute approximate surface area is 172 Å². The third kappa shape index (κ3) is 3.24. The van der Waals surface area contributed by atoms with Crippen molar-refractivity contribution in [2.45, 2.75) is 24.7 Å². The summed E-state index contributed by atoms with van der Waals surface area (Å²) in [5.41, 5.74) is 3.01. The fraction of sp³-hybridized carbons (Fsp3) is 0.300. The highest BCUT2D eigenvalue weighted by molar-refractivity contribution is 9.10. The molecule has 0 saturated carbocycles. The van der Waals surface area contributed by atoms with Gasteiger partial charge in [0, 0.05) is 30.2 Å². The molecular weight excluding hydrogens is 444 g/mol. The first kappa shape index (κ1) is 19.1. The smallest absolute Gasteiger partial charge is 0.242 e. The van der Waals surface area contributed by atoms with E-state index in [1.165, 1.54) is 22.8 Å². The summed E-state index contributed by atoms with van der Waals surface area (Å²) in [6.45, 7) is 2.33. The van der Waals surface area contributed by atoms with Crippen LogP contribution < -0.4 is 9.80 Å². The highest BCUT2D eigenvalue weighted by Gasteiger charge is 2.34. The Balaban J connectivity index is 1.69. The van der Waals surface area contributed by atoms with Gasteiger partial charge in [0.2, 0.25) is 11.8 Å². The van der Waals surface area contributed by atoms with Gasteiger partial charge in [-0.2, -0.15) is 0 Å². The third-order valence-electron chi connectivity index (χ3n) is 5.21. The zero-order valence-corrected chi connectivity index (χ0v) is 17.7. The molecule has 0 saturated heterocycles. The normalized spacial score (nSPS) is 15.5. The molecule has 28 heavy (non-hydrogen) atoms. The number of hydrogen-bond donors (Lipinski definition) is 0. The zero-order valence-electron chi connectivity index (χ0n) is 15.3. The van der Waals surface area contributed by atoms with E-state index >= 15 is 0 Å². The molecule has 4 rings (SSSR count). The monoisotopic (exact) mass is 462 g/mol. The Morgan fingerprint density at radius 1 is 1.04 bits per heavy atom. The number of nitrogens with zero attached hydrogens (tertiary/aromatic N) is 2. The summed E-state index contributed by atoms with van der Waals surface area (Å²) in [5, 5.41) is 0. The van der Waals surface area contributed by atoms with Crippen LogP contribution in [0.4, 0.5) is 11.4 Å². The molecule has 0 radical (unpaired) electrons. The lowest BCUT2D eigenvalue weighted by atomic mass is 10.2.